The summed E-state index contributed by atoms with van der Waals surface area (Å²) in [5.74, 6) is -0.555. The number of benzene rings is 1. The molecule has 0 unspecified atom stereocenters. The Kier molecular flexibility index (Phi) is 4.70. The maximum Gasteiger partial charge on any atom is 0.254 e. The van der Waals surface area contributed by atoms with Crippen molar-refractivity contribution in [1.82, 2.24) is 5.32 Å². The average molecular weight is 253 g/mol. The molecule has 0 heterocycles. The first kappa shape index (κ1) is 14.5. The van der Waals surface area contributed by atoms with Crippen molar-refractivity contribution in [3.63, 3.8) is 0 Å². The zero-order chi connectivity index (χ0) is 13.8. The first-order valence-corrected chi connectivity index (χ1v) is 6.11. The minimum Gasteiger partial charge on any atom is -0.497 e. The van der Waals surface area contributed by atoms with E-state index < -0.39 is 5.82 Å². The summed E-state index contributed by atoms with van der Waals surface area (Å²) >= 11 is 0. The number of halogens is 1. The zero-order valence-corrected chi connectivity index (χ0v) is 11.3. The van der Waals surface area contributed by atoms with Crippen LogP contribution in [0.15, 0.2) is 18.2 Å². The lowest BCUT2D eigenvalue weighted by Gasteiger charge is -2.28. The third kappa shape index (κ3) is 3.22. The second kappa shape index (κ2) is 5.85. The van der Waals surface area contributed by atoms with E-state index in [1.54, 1.807) is 6.07 Å². The fraction of sp³-hybridized carbons (Fsp3) is 0.500. The average Bonchev–Trinajstić information content (AvgIpc) is 2.38. The molecule has 0 aromatic heterocycles. The van der Waals surface area contributed by atoms with Gasteiger partial charge in [-0.3, -0.25) is 4.79 Å². The monoisotopic (exact) mass is 253 g/mol. The number of hydrogen-bond donors (Lipinski definition) is 1. The van der Waals surface area contributed by atoms with Gasteiger partial charge in [0.25, 0.3) is 5.91 Å². The van der Waals surface area contributed by atoms with Crippen molar-refractivity contribution in [2.75, 3.05) is 7.11 Å². The molecule has 0 bridgehead atoms. The molecule has 18 heavy (non-hydrogen) atoms. The van der Waals surface area contributed by atoms with E-state index in [0.717, 1.165) is 12.8 Å². The molecule has 0 fully saturated rings. The van der Waals surface area contributed by atoms with E-state index in [-0.39, 0.29) is 17.0 Å². The topological polar surface area (TPSA) is 38.3 Å². The summed E-state index contributed by atoms with van der Waals surface area (Å²) in [6.45, 7) is 5.94. The molecule has 0 spiro atoms. The number of nitrogens with one attached hydrogen (secondary N) is 1. The lowest BCUT2D eigenvalue weighted by Crippen LogP contribution is -2.45. The molecule has 100 valence electrons. The minimum atomic E-state index is -0.568. The summed E-state index contributed by atoms with van der Waals surface area (Å²) in [7, 11) is 1.46. The number of hydrogen-bond acceptors (Lipinski definition) is 2. The highest BCUT2D eigenvalue weighted by Gasteiger charge is 2.24. The Morgan fingerprint density at radius 3 is 2.44 bits per heavy atom. The van der Waals surface area contributed by atoms with E-state index in [2.05, 4.69) is 5.32 Å². The molecular formula is C14H20FNO2. The number of amides is 1. The first-order valence-electron chi connectivity index (χ1n) is 6.11. The van der Waals surface area contributed by atoms with Gasteiger partial charge in [0.15, 0.2) is 0 Å². The summed E-state index contributed by atoms with van der Waals surface area (Å²) in [5, 5.41) is 2.87. The molecule has 3 nitrogen and oxygen atoms in total. The van der Waals surface area contributed by atoms with Crippen LogP contribution in [0.2, 0.25) is 0 Å². The Morgan fingerprint density at radius 1 is 1.39 bits per heavy atom. The number of rotatable bonds is 5. The normalized spacial score (nSPS) is 11.2. The molecule has 0 atom stereocenters. The second-order valence-electron chi connectivity index (χ2n) is 4.57. The molecule has 1 aromatic carbocycles. The van der Waals surface area contributed by atoms with Gasteiger partial charge in [0.2, 0.25) is 0 Å². The third-order valence-electron chi connectivity index (χ3n) is 3.40. The number of carbonyl (C=O) groups is 1. The van der Waals surface area contributed by atoms with E-state index in [9.17, 15) is 9.18 Å². The van der Waals surface area contributed by atoms with Crippen LogP contribution < -0.4 is 10.1 Å². The van der Waals surface area contributed by atoms with Crippen LogP contribution in [0, 0.1) is 5.82 Å². The van der Waals surface area contributed by atoms with Crippen LogP contribution >= 0.6 is 0 Å². The largest absolute Gasteiger partial charge is 0.497 e. The third-order valence-corrected chi connectivity index (χ3v) is 3.40. The molecule has 4 heteroatoms. The summed E-state index contributed by atoms with van der Waals surface area (Å²) in [6, 6.07) is 4.23. The number of carbonyl (C=O) groups excluding carboxylic acids is 1. The van der Waals surface area contributed by atoms with Crippen LogP contribution in [0.4, 0.5) is 4.39 Å². The van der Waals surface area contributed by atoms with E-state index >= 15 is 0 Å². The molecule has 0 aliphatic carbocycles. The predicted molar refractivity (Wildman–Crippen MR) is 69.4 cm³/mol. The summed E-state index contributed by atoms with van der Waals surface area (Å²) in [4.78, 5) is 12.0. The highest BCUT2D eigenvalue weighted by Crippen LogP contribution is 2.19. The minimum absolute atomic E-state index is 0.0453. The molecule has 1 amide bonds. The molecule has 0 radical (unpaired) electrons. The van der Waals surface area contributed by atoms with Crippen molar-refractivity contribution in [3.05, 3.63) is 29.6 Å². The van der Waals surface area contributed by atoms with Crippen molar-refractivity contribution in [3.8, 4) is 5.75 Å². The van der Waals surface area contributed by atoms with Crippen molar-refractivity contribution < 1.29 is 13.9 Å². The fourth-order valence-corrected chi connectivity index (χ4v) is 1.58. The summed E-state index contributed by atoms with van der Waals surface area (Å²) in [6.07, 6.45) is 1.60. The van der Waals surface area contributed by atoms with E-state index in [1.165, 1.54) is 19.2 Å². The standard InChI is InChI=1S/C14H20FNO2/c1-5-14(3,6-2)16-13(17)11-8-7-10(18-4)9-12(11)15/h7-9H,5-6H2,1-4H3,(H,16,17). The molecule has 0 aliphatic rings. The van der Waals surface area contributed by atoms with Gasteiger partial charge in [0.1, 0.15) is 11.6 Å². The van der Waals surface area contributed by atoms with Crippen molar-refractivity contribution in [2.45, 2.75) is 39.2 Å². The summed E-state index contributed by atoms with van der Waals surface area (Å²) < 4.78 is 18.6. The van der Waals surface area contributed by atoms with Gasteiger partial charge in [-0.2, -0.15) is 0 Å². The van der Waals surface area contributed by atoms with Crippen LogP contribution in [-0.2, 0) is 0 Å². The quantitative estimate of drug-likeness (QED) is 0.875. The Balaban J connectivity index is 2.91. The van der Waals surface area contributed by atoms with Crippen LogP contribution in [0.25, 0.3) is 0 Å². The lowest BCUT2D eigenvalue weighted by atomic mass is 9.95. The molecule has 0 saturated heterocycles. The van der Waals surface area contributed by atoms with Crippen LogP contribution in [0.3, 0.4) is 0 Å². The van der Waals surface area contributed by atoms with Crippen LogP contribution in [-0.4, -0.2) is 18.6 Å². The van der Waals surface area contributed by atoms with E-state index in [4.69, 9.17) is 4.74 Å². The Bertz CT molecular complexity index is 428. The molecule has 1 aromatic rings. The molecule has 0 aliphatic heterocycles. The van der Waals surface area contributed by atoms with Gasteiger partial charge in [-0.05, 0) is 31.9 Å². The maximum atomic E-state index is 13.7. The van der Waals surface area contributed by atoms with Crippen LogP contribution in [0.1, 0.15) is 44.0 Å². The van der Waals surface area contributed by atoms with Gasteiger partial charge >= 0.3 is 0 Å². The zero-order valence-electron chi connectivity index (χ0n) is 11.3. The van der Waals surface area contributed by atoms with Crippen molar-refractivity contribution in [1.29, 1.82) is 0 Å². The predicted octanol–water partition coefficient (Wildman–Crippen LogP) is 3.14. The van der Waals surface area contributed by atoms with Crippen molar-refractivity contribution in [2.24, 2.45) is 0 Å². The molecule has 1 rings (SSSR count). The summed E-state index contributed by atoms with van der Waals surface area (Å²) in [5.41, 5.74) is -0.257. The Labute approximate surface area is 107 Å². The maximum absolute atomic E-state index is 13.7. The highest BCUT2D eigenvalue weighted by molar-refractivity contribution is 5.95. The van der Waals surface area contributed by atoms with Gasteiger partial charge in [0, 0.05) is 11.6 Å². The van der Waals surface area contributed by atoms with Gasteiger partial charge in [-0.15, -0.1) is 0 Å². The number of ether oxygens (including phenoxy) is 1. The fourth-order valence-electron chi connectivity index (χ4n) is 1.58. The van der Waals surface area contributed by atoms with Gasteiger partial charge in [-0.1, -0.05) is 13.8 Å². The van der Waals surface area contributed by atoms with E-state index in [0.29, 0.717) is 5.75 Å². The second-order valence-corrected chi connectivity index (χ2v) is 4.57. The molecule has 0 saturated carbocycles. The smallest absolute Gasteiger partial charge is 0.254 e. The molecule has 1 N–H and O–H groups in total. The Morgan fingerprint density at radius 2 is 2.00 bits per heavy atom. The Hall–Kier alpha value is -1.58. The van der Waals surface area contributed by atoms with Gasteiger partial charge in [0.05, 0.1) is 12.7 Å². The first-order chi connectivity index (χ1) is 8.45. The molecular weight excluding hydrogens is 233 g/mol. The number of methoxy groups -OCH3 is 1. The SMILES string of the molecule is CCC(C)(CC)NC(=O)c1ccc(OC)cc1F. The van der Waals surface area contributed by atoms with Crippen LogP contribution in [0.5, 0.6) is 5.75 Å². The van der Waals surface area contributed by atoms with E-state index in [1.807, 2.05) is 20.8 Å². The van der Waals surface area contributed by atoms with Gasteiger partial charge in [-0.25, -0.2) is 4.39 Å². The van der Waals surface area contributed by atoms with Crippen molar-refractivity contribution >= 4 is 5.91 Å². The van der Waals surface area contributed by atoms with Gasteiger partial charge < -0.3 is 10.1 Å². The lowest BCUT2D eigenvalue weighted by molar-refractivity contribution is 0.0897. The highest BCUT2D eigenvalue weighted by atomic mass is 19.1.